The van der Waals surface area contributed by atoms with Crippen LogP contribution in [0.15, 0.2) is 66.9 Å². The summed E-state index contributed by atoms with van der Waals surface area (Å²) in [6, 6.07) is 16.1. The van der Waals surface area contributed by atoms with Crippen molar-refractivity contribution >= 4 is 23.1 Å². The summed E-state index contributed by atoms with van der Waals surface area (Å²) in [5.41, 5.74) is 0.742. The Morgan fingerprint density at radius 1 is 1.00 bits per heavy atom. The molecule has 0 fully saturated rings. The monoisotopic (exact) mass is 382 g/mol. The zero-order valence-electron chi connectivity index (χ0n) is 14.3. The van der Waals surface area contributed by atoms with E-state index >= 15 is 0 Å². The minimum atomic E-state index is -4.43. The van der Waals surface area contributed by atoms with Crippen molar-refractivity contribution < 1.29 is 18.0 Å². The molecule has 28 heavy (non-hydrogen) atoms. The molecule has 0 unspecified atom stereocenters. The fourth-order valence-corrected chi connectivity index (χ4v) is 2.35. The average Bonchev–Trinajstić information content (AvgIpc) is 2.69. The second-order valence-electron chi connectivity index (χ2n) is 5.78. The summed E-state index contributed by atoms with van der Waals surface area (Å²) in [5.74, 6) is -0.0999. The highest BCUT2D eigenvalue weighted by Crippen LogP contribution is 2.31. The van der Waals surface area contributed by atoms with E-state index in [4.69, 9.17) is 5.26 Å². The number of carbonyl (C=O) groups excluding carboxylic acids is 1. The number of hydrogen-bond acceptors (Lipinski definition) is 4. The third-order valence-corrected chi connectivity index (χ3v) is 3.76. The molecule has 0 atom stereocenters. The number of rotatable bonds is 4. The molecule has 2 N–H and O–H groups in total. The summed E-state index contributed by atoms with van der Waals surface area (Å²) < 4.78 is 38.3. The first-order valence-corrected chi connectivity index (χ1v) is 8.07. The van der Waals surface area contributed by atoms with Gasteiger partial charge in [-0.2, -0.15) is 18.4 Å². The highest BCUT2D eigenvalue weighted by Gasteiger charge is 2.30. The normalized spacial score (nSPS) is 10.8. The number of anilines is 3. The van der Waals surface area contributed by atoms with E-state index in [9.17, 15) is 18.0 Å². The van der Waals surface area contributed by atoms with Crippen LogP contribution >= 0.6 is 0 Å². The van der Waals surface area contributed by atoms with Crippen LogP contribution < -0.4 is 10.6 Å². The van der Waals surface area contributed by atoms with E-state index in [0.29, 0.717) is 17.1 Å². The lowest BCUT2D eigenvalue weighted by molar-refractivity contribution is -0.137. The summed E-state index contributed by atoms with van der Waals surface area (Å²) in [6.45, 7) is 0. The first kappa shape index (κ1) is 18.9. The highest BCUT2D eigenvalue weighted by molar-refractivity contribution is 6.04. The molecule has 0 saturated carbocycles. The van der Waals surface area contributed by atoms with Crippen LogP contribution in [0.3, 0.4) is 0 Å². The first-order valence-electron chi connectivity index (χ1n) is 8.07. The second kappa shape index (κ2) is 7.80. The smallest absolute Gasteiger partial charge is 0.340 e. The van der Waals surface area contributed by atoms with Gasteiger partial charge in [-0.15, -0.1) is 0 Å². The molecule has 3 rings (SSSR count). The molecule has 0 radical (unpaired) electrons. The molecule has 2 aromatic carbocycles. The Morgan fingerprint density at radius 2 is 1.75 bits per heavy atom. The molecule has 0 spiro atoms. The van der Waals surface area contributed by atoms with Crippen molar-refractivity contribution in [2.24, 2.45) is 0 Å². The van der Waals surface area contributed by atoms with Crippen molar-refractivity contribution in [2.45, 2.75) is 6.18 Å². The summed E-state index contributed by atoms with van der Waals surface area (Å²) in [6.07, 6.45) is -3.12. The van der Waals surface area contributed by atoms with Gasteiger partial charge in [-0.1, -0.05) is 6.07 Å². The number of aromatic nitrogens is 1. The van der Waals surface area contributed by atoms with E-state index in [1.54, 1.807) is 24.3 Å². The Hall–Kier alpha value is -3.86. The van der Waals surface area contributed by atoms with Crippen molar-refractivity contribution in [3.05, 3.63) is 83.6 Å². The average molecular weight is 382 g/mol. The van der Waals surface area contributed by atoms with Crippen molar-refractivity contribution in [2.75, 3.05) is 10.6 Å². The van der Waals surface area contributed by atoms with Gasteiger partial charge in [0.1, 0.15) is 5.82 Å². The molecule has 0 aliphatic rings. The molecule has 140 valence electrons. The Kier molecular flexibility index (Phi) is 5.27. The maximum atomic E-state index is 12.8. The minimum Gasteiger partial charge on any atom is -0.340 e. The number of halogens is 3. The van der Waals surface area contributed by atoms with Crippen LogP contribution in [-0.4, -0.2) is 10.9 Å². The van der Waals surface area contributed by atoms with Gasteiger partial charge in [-0.25, -0.2) is 4.98 Å². The second-order valence-corrected chi connectivity index (χ2v) is 5.78. The molecule has 0 bridgehead atoms. The van der Waals surface area contributed by atoms with Crippen LogP contribution in [0.1, 0.15) is 21.5 Å². The van der Waals surface area contributed by atoms with Crippen molar-refractivity contribution in [1.29, 1.82) is 5.26 Å². The van der Waals surface area contributed by atoms with Gasteiger partial charge in [0.25, 0.3) is 5.91 Å². The minimum absolute atomic E-state index is 0.233. The largest absolute Gasteiger partial charge is 0.416 e. The van der Waals surface area contributed by atoms with E-state index in [0.717, 1.165) is 12.1 Å². The van der Waals surface area contributed by atoms with Crippen LogP contribution in [0.25, 0.3) is 0 Å². The predicted molar refractivity (Wildman–Crippen MR) is 98.1 cm³/mol. The molecule has 0 aliphatic heterocycles. The third-order valence-electron chi connectivity index (χ3n) is 3.76. The lowest BCUT2D eigenvalue weighted by atomic mass is 10.2. The lowest BCUT2D eigenvalue weighted by Crippen LogP contribution is -2.12. The number of amides is 1. The molecule has 8 heteroatoms. The SMILES string of the molecule is N#Cc1ccc(NC(=O)c2ccc(Nc3cccc(C(F)(F)F)c3)nc2)cc1. The van der Waals surface area contributed by atoms with Crippen molar-refractivity contribution in [3.8, 4) is 6.07 Å². The topological polar surface area (TPSA) is 77.8 Å². The van der Waals surface area contributed by atoms with Gasteiger partial charge in [0, 0.05) is 17.6 Å². The Morgan fingerprint density at radius 3 is 2.36 bits per heavy atom. The predicted octanol–water partition coefficient (Wildman–Crippen LogP) is 4.97. The maximum absolute atomic E-state index is 12.8. The summed E-state index contributed by atoms with van der Waals surface area (Å²) in [5, 5.41) is 14.2. The van der Waals surface area contributed by atoms with Crippen molar-refractivity contribution in [1.82, 2.24) is 4.98 Å². The number of nitrogens with zero attached hydrogens (tertiary/aromatic N) is 2. The molecule has 5 nitrogen and oxygen atoms in total. The first-order chi connectivity index (χ1) is 13.3. The molecular formula is C20H13F3N4O. The van der Waals surface area contributed by atoms with E-state index < -0.39 is 17.6 Å². The molecule has 1 heterocycles. The Labute approximate surface area is 158 Å². The fraction of sp³-hybridized carbons (Fsp3) is 0.0500. The summed E-state index contributed by atoms with van der Waals surface area (Å²) in [4.78, 5) is 16.3. The molecular weight excluding hydrogens is 369 g/mol. The summed E-state index contributed by atoms with van der Waals surface area (Å²) >= 11 is 0. The van der Waals surface area contributed by atoms with E-state index in [1.165, 1.54) is 30.5 Å². The molecule has 3 aromatic rings. The number of benzene rings is 2. The number of nitrogens with one attached hydrogen (secondary N) is 2. The molecule has 1 aromatic heterocycles. The van der Waals surface area contributed by atoms with Gasteiger partial charge < -0.3 is 10.6 Å². The number of hydrogen-bond donors (Lipinski definition) is 2. The van der Waals surface area contributed by atoms with Gasteiger partial charge in [0.05, 0.1) is 22.8 Å². The molecule has 0 saturated heterocycles. The van der Waals surface area contributed by atoms with Crippen LogP contribution in [0.4, 0.5) is 30.4 Å². The lowest BCUT2D eigenvalue weighted by Gasteiger charge is -2.10. The number of pyridine rings is 1. The zero-order chi connectivity index (χ0) is 20.1. The quantitative estimate of drug-likeness (QED) is 0.668. The van der Waals surface area contributed by atoms with Gasteiger partial charge in [0.2, 0.25) is 0 Å². The van der Waals surface area contributed by atoms with E-state index in [2.05, 4.69) is 15.6 Å². The Balaban J connectivity index is 1.67. The van der Waals surface area contributed by atoms with Gasteiger partial charge >= 0.3 is 6.18 Å². The highest BCUT2D eigenvalue weighted by atomic mass is 19.4. The summed E-state index contributed by atoms with van der Waals surface area (Å²) in [7, 11) is 0. The standard InChI is InChI=1S/C20H13F3N4O/c21-20(22,23)15-2-1-3-17(10-15)26-18-9-6-14(12-25-18)19(28)27-16-7-4-13(11-24)5-8-16/h1-10,12H,(H,25,26)(H,27,28). The number of carbonyl (C=O) groups is 1. The maximum Gasteiger partial charge on any atom is 0.416 e. The van der Waals surface area contributed by atoms with Crippen LogP contribution in [-0.2, 0) is 6.18 Å². The van der Waals surface area contributed by atoms with E-state index in [1.807, 2.05) is 6.07 Å². The fourth-order valence-electron chi connectivity index (χ4n) is 2.35. The molecule has 0 aliphatic carbocycles. The zero-order valence-corrected chi connectivity index (χ0v) is 14.3. The van der Waals surface area contributed by atoms with Gasteiger partial charge in [-0.05, 0) is 54.6 Å². The van der Waals surface area contributed by atoms with Crippen LogP contribution in [0.5, 0.6) is 0 Å². The van der Waals surface area contributed by atoms with Crippen LogP contribution in [0.2, 0.25) is 0 Å². The third kappa shape index (κ3) is 4.65. The van der Waals surface area contributed by atoms with E-state index in [-0.39, 0.29) is 11.3 Å². The molecule has 1 amide bonds. The Bertz CT molecular complexity index is 1020. The number of nitriles is 1. The van der Waals surface area contributed by atoms with Crippen LogP contribution in [0, 0.1) is 11.3 Å². The number of alkyl halides is 3. The van der Waals surface area contributed by atoms with Gasteiger partial charge in [-0.3, -0.25) is 4.79 Å². The van der Waals surface area contributed by atoms with Gasteiger partial charge in [0.15, 0.2) is 0 Å². The van der Waals surface area contributed by atoms with Crippen molar-refractivity contribution in [3.63, 3.8) is 0 Å².